The van der Waals surface area contributed by atoms with Crippen molar-refractivity contribution in [1.82, 2.24) is 14.9 Å². The molecule has 3 rings (SSSR count). The summed E-state index contributed by atoms with van der Waals surface area (Å²) in [5.41, 5.74) is 2.08. The Morgan fingerprint density at radius 1 is 1.14 bits per heavy atom. The van der Waals surface area contributed by atoms with Gasteiger partial charge < -0.3 is 10.2 Å². The molecule has 2 aromatic rings. The summed E-state index contributed by atoms with van der Waals surface area (Å²) in [6, 6.07) is 3.98. The molecule has 17 heteroatoms. The molecule has 1 aliphatic rings. The fourth-order valence-electron chi connectivity index (χ4n) is 3.13. The summed E-state index contributed by atoms with van der Waals surface area (Å²) >= 11 is 0. The second-order valence-corrected chi connectivity index (χ2v) is 10.2. The number of carbonyl (C=O) groups excluding carboxylic acids is 1. The van der Waals surface area contributed by atoms with Gasteiger partial charge in [-0.25, -0.2) is 0 Å². The van der Waals surface area contributed by atoms with E-state index < -0.39 is 48.8 Å². The third-order valence-corrected chi connectivity index (χ3v) is 6.33. The van der Waals surface area contributed by atoms with E-state index in [0.29, 0.717) is 0 Å². The van der Waals surface area contributed by atoms with Gasteiger partial charge in [0.15, 0.2) is 5.71 Å². The molecule has 1 aromatic carbocycles. The van der Waals surface area contributed by atoms with E-state index in [-0.39, 0.29) is 40.6 Å². The lowest BCUT2D eigenvalue weighted by molar-refractivity contribution is -0.122. The van der Waals surface area contributed by atoms with E-state index in [1.807, 2.05) is 0 Å². The van der Waals surface area contributed by atoms with Crippen molar-refractivity contribution in [2.24, 2.45) is 5.10 Å². The first-order valence-electron chi connectivity index (χ1n) is 9.46. The molecule has 0 bridgehead atoms. The lowest BCUT2D eigenvalue weighted by Crippen LogP contribution is -2.41. The van der Waals surface area contributed by atoms with Gasteiger partial charge in [0.2, 0.25) is 5.95 Å². The summed E-state index contributed by atoms with van der Waals surface area (Å²) in [4.78, 5) is 19.2. The third-order valence-electron chi connectivity index (χ3n) is 4.71. The zero-order valence-electron chi connectivity index (χ0n) is 18.0. The Bertz CT molecular complexity index is 1460. The average molecular weight is 533 g/mol. The van der Waals surface area contributed by atoms with Crippen molar-refractivity contribution in [3.63, 3.8) is 0 Å². The minimum atomic E-state index is -4.79. The molecule has 13 nitrogen and oxygen atoms in total. The van der Waals surface area contributed by atoms with Crippen LogP contribution in [0.2, 0.25) is 0 Å². The fraction of sp³-hybridized carbons (Fsp3) is 0.222. The molecule has 188 valence electrons. The summed E-state index contributed by atoms with van der Waals surface area (Å²) in [6.45, 7) is 1.30. The van der Waals surface area contributed by atoms with Crippen LogP contribution in [0, 0.1) is 12.0 Å². The second kappa shape index (κ2) is 9.61. The van der Waals surface area contributed by atoms with Crippen LogP contribution in [0.15, 0.2) is 45.4 Å². The monoisotopic (exact) mass is 532 g/mol. The molecule has 0 spiro atoms. The Morgan fingerprint density at radius 2 is 1.83 bits per heavy atom. The van der Waals surface area contributed by atoms with E-state index >= 15 is 0 Å². The number of hydrogen-bond donors (Lipinski definition) is 4. The van der Waals surface area contributed by atoms with Gasteiger partial charge in [0.1, 0.15) is 10.7 Å². The Balaban J connectivity index is 2.03. The highest BCUT2D eigenvalue weighted by atomic mass is 32.2. The van der Waals surface area contributed by atoms with Crippen LogP contribution in [0.1, 0.15) is 6.92 Å². The van der Waals surface area contributed by atoms with Gasteiger partial charge in [0.05, 0.1) is 11.4 Å². The highest BCUT2D eigenvalue weighted by molar-refractivity contribution is 7.86. The number of amides is 1. The lowest BCUT2D eigenvalue weighted by Gasteiger charge is -2.27. The molecule has 2 heterocycles. The summed E-state index contributed by atoms with van der Waals surface area (Å²) < 4.78 is 91.5. The number of hydrazone groups is 1. The van der Waals surface area contributed by atoms with Crippen molar-refractivity contribution >= 4 is 49.0 Å². The van der Waals surface area contributed by atoms with Gasteiger partial charge in [-0.15, -0.1) is 0 Å². The number of hydrogen-bond acceptors (Lipinski definition) is 10. The second-order valence-electron chi connectivity index (χ2n) is 7.34. The van der Waals surface area contributed by atoms with Gasteiger partial charge in [-0.05, 0) is 36.3 Å². The Morgan fingerprint density at radius 3 is 2.43 bits per heavy atom. The van der Waals surface area contributed by atoms with Crippen molar-refractivity contribution in [2.45, 2.75) is 11.8 Å². The van der Waals surface area contributed by atoms with Crippen molar-refractivity contribution in [3.8, 4) is 0 Å². The number of benzene rings is 1. The summed E-state index contributed by atoms with van der Waals surface area (Å²) in [7, 11) is -7.83. The lowest BCUT2D eigenvalue weighted by atomic mass is 10.0. The van der Waals surface area contributed by atoms with Crippen LogP contribution in [0.4, 0.5) is 26.0 Å². The van der Waals surface area contributed by atoms with Crippen LogP contribution in [0.5, 0.6) is 0 Å². The van der Waals surface area contributed by atoms with Gasteiger partial charge in [-0.3, -0.25) is 19.3 Å². The SMILES string of the molecule is CC1=C(CS(=O)(=O)O)CN(C)C(=O)/C1=N\Nc1cc(Nc2cc(F)nc(F)n2)ccc1S(=O)(=O)O. The van der Waals surface area contributed by atoms with Gasteiger partial charge in [-0.1, -0.05) is 0 Å². The predicted octanol–water partition coefficient (Wildman–Crippen LogP) is 1.19. The molecule has 0 radical (unpaired) electrons. The molecule has 0 fully saturated rings. The van der Waals surface area contributed by atoms with E-state index in [0.717, 1.165) is 29.2 Å². The zero-order valence-corrected chi connectivity index (χ0v) is 19.7. The Kier molecular flexibility index (Phi) is 7.16. The molecule has 1 aromatic heterocycles. The Hall–Kier alpha value is -3.54. The number of likely N-dealkylation sites (N-methyl/N-ethyl adjacent to an activating group) is 1. The van der Waals surface area contributed by atoms with Crippen LogP contribution >= 0.6 is 0 Å². The number of anilines is 3. The molecule has 1 aliphatic heterocycles. The standard InChI is InChI=1S/C18H18F2N6O7S2/c1-9-10(8-34(28,29)30)7-26(2)17(27)16(9)25-24-12-5-11(3-4-13(12)35(31,32)33)21-15-6-14(19)22-18(20)23-15/h3-6,24H,7-8H2,1-2H3,(H,21,22,23)(H,28,29,30)(H,31,32,33)/b25-16-. The average Bonchev–Trinajstić information content (AvgIpc) is 2.69. The van der Waals surface area contributed by atoms with E-state index in [9.17, 15) is 35.0 Å². The van der Waals surface area contributed by atoms with E-state index in [2.05, 4.69) is 25.8 Å². The van der Waals surface area contributed by atoms with Gasteiger partial charge in [0.25, 0.3) is 26.1 Å². The fourth-order valence-corrected chi connectivity index (χ4v) is 4.50. The number of rotatable bonds is 7. The van der Waals surface area contributed by atoms with Gasteiger partial charge >= 0.3 is 6.08 Å². The topological polar surface area (TPSA) is 191 Å². The maximum absolute atomic E-state index is 13.3. The number of nitrogens with one attached hydrogen (secondary N) is 2. The molecule has 1 amide bonds. The number of halogens is 2. The molecular weight excluding hydrogens is 514 g/mol. The largest absolute Gasteiger partial charge is 0.340 e. The minimum Gasteiger partial charge on any atom is -0.340 e. The number of carbonyl (C=O) groups is 1. The first-order valence-corrected chi connectivity index (χ1v) is 12.5. The van der Waals surface area contributed by atoms with E-state index in [1.54, 1.807) is 0 Å². The molecule has 0 saturated heterocycles. The molecule has 35 heavy (non-hydrogen) atoms. The van der Waals surface area contributed by atoms with Gasteiger partial charge in [0, 0.05) is 25.3 Å². The molecule has 0 aliphatic carbocycles. The number of aromatic nitrogens is 2. The zero-order chi connectivity index (χ0) is 26.1. The molecule has 0 atom stereocenters. The normalized spacial score (nSPS) is 16.1. The van der Waals surface area contributed by atoms with Crippen molar-refractivity contribution in [1.29, 1.82) is 0 Å². The van der Waals surface area contributed by atoms with Gasteiger partial charge in [-0.2, -0.15) is 40.7 Å². The first-order chi connectivity index (χ1) is 16.1. The first kappa shape index (κ1) is 26.1. The smallest absolute Gasteiger partial charge is 0.313 e. The minimum absolute atomic E-state index is 0.0593. The van der Waals surface area contributed by atoms with Crippen molar-refractivity contribution in [2.75, 3.05) is 30.1 Å². The number of nitrogens with zero attached hydrogens (tertiary/aromatic N) is 4. The van der Waals surface area contributed by atoms with Crippen molar-refractivity contribution < 1.29 is 39.5 Å². The van der Waals surface area contributed by atoms with E-state index in [1.165, 1.54) is 14.0 Å². The quantitative estimate of drug-likeness (QED) is 0.173. The highest BCUT2D eigenvalue weighted by Gasteiger charge is 2.29. The van der Waals surface area contributed by atoms with Crippen LogP contribution in [0.25, 0.3) is 0 Å². The summed E-state index contributed by atoms with van der Waals surface area (Å²) in [6.07, 6.45) is -1.35. The third kappa shape index (κ3) is 6.53. The van der Waals surface area contributed by atoms with Crippen LogP contribution in [0.3, 0.4) is 0 Å². The molecular formula is C18H18F2N6O7S2. The van der Waals surface area contributed by atoms with E-state index in [4.69, 9.17) is 4.55 Å². The van der Waals surface area contributed by atoms with Crippen molar-refractivity contribution in [3.05, 3.63) is 47.4 Å². The summed E-state index contributed by atoms with van der Waals surface area (Å²) in [5, 5.41) is 6.41. The maximum Gasteiger partial charge on any atom is 0.313 e. The maximum atomic E-state index is 13.3. The predicted molar refractivity (Wildman–Crippen MR) is 119 cm³/mol. The molecule has 4 N–H and O–H groups in total. The Labute approximate surface area is 198 Å². The molecule has 0 saturated carbocycles. The van der Waals surface area contributed by atoms with Crippen LogP contribution in [-0.2, 0) is 25.0 Å². The summed E-state index contributed by atoms with van der Waals surface area (Å²) in [5.74, 6) is -2.85. The molecule has 0 unspecified atom stereocenters. The van der Waals surface area contributed by atoms with Crippen LogP contribution in [-0.4, -0.2) is 71.8 Å². The van der Waals surface area contributed by atoms with Crippen LogP contribution < -0.4 is 10.7 Å². The highest BCUT2D eigenvalue weighted by Crippen LogP contribution is 2.27.